The number of carbonyl (C=O) groups is 1. The van der Waals surface area contributed by atoms with E-state index in [1.54, 1.807) is 24.3 Å². The molecule has 5 heteroatoms. The number of aliphatic hydroxyl groups is 1. The Kier molecular flexibility index (Phi) is 4.75. The number of amides is 1. The maximum Gasteiger partial charge on any atom is 0.250 e. The lowest BCUT2D eigenvalue weighted by molar-refractivity contribution is -0.126. The predicted octanol–water partition coefficient (Wildman–Crippen LogP) is -0.197. The standard InChI is InChI=1S/C11H16N2O3/c1-13-6-7-16-9-4-2-8(3-5-9)10(14)11(12)15/h2-5,10,13-14H,6-7H2,1H3,(H2,12,15). The predicted molar refractivity (Wildman–Crippen MR) is 60.0 cm³/mol. The molecule has 16 heavy (non-hydrogen) atoms. The van der Waals surface area contributed by atoms with E-state index >= 15 is 0 Å². The maximum atomic E-state index is 10.7. The molecule has 88 valence electrons. The summed E-state index contributed by atoms with van der Waals surface area (Å²) in [7, 11) is 1.84. The number of likely N-dealkylation sites (N-methyl/N-ethyl adjacent to an activating group) is 1. The molecule has 0 spiro atoms. The lowest BCUT2D eigenvalue weighted by Crippen LogP contribution is -2.20. The lowest BCUT2D eigenvalue weighted by atomic mass is 10.1. The number of hydrogen-bond acceptors (Lipinski definition) is 4. The van der Waals surface area contributed by atoms with E-state index in [9.17, 15) is 9.90 Å². The molecule has 0 aliphatic carbocycles. The van der Waals surface area contributed by atoms with Crippen LogP contribution in [0.4, 0.5) is 0 Å². The summed E-state index contributed by atoms with van der Waals surface area (Å²) in [6, 6.07) is 6.61. The summed E-state index contributed by atoms with van der Waals surface area (Å²) in [5.74, 6) is -0.0699. The van der Waals surface area contributed by atoms with E-state index in [0.29, 0.717) is 17.9 Å². The van der Waals surface area contributed by atoms with Crippen molar-refractivity contribution in [2.75, 3.05) is 20.2 Å². The summed E-state index contributed by atoms with van der Waals surface area (Å²) < 4.78 is 5.38. The zero-order chi connectivity index (χ0) is 12.0. The van der Waals surface area contributed by atoms with Gasteiger partial charge in [-0.25, -0.2) is 0 Å². The van der Waals surface area contributed by atoms with E-state index in [-0.39, 0.29) is 0 Å². The number of hydrogen-bond donors (Lipinski definition) is 3. The molecule has 0 fully saturated rings. The summed E-state index contributed by atoms with van der Waals surface area (Å²) in [5.41, 5.74) is 5.44. The smallest absolute Gasteiger partial charge is 0.250 e. The van der Waals surface area contributed by atoms with Gasteiger partial charge in [0.25, 0.3) is 5.91 Å². The van der Waals surface area contributed by atoms with Crippen LogP contribution in [0.3, 0.4) is 0 Å². The first-order valence-corrected chi connectivity index (χ1v) is 5.00. The van der Waals surface area contributed by atoms with Crippen molar-refractivity contribution in [2.24, 2.45) is 5.73 Å². The summed E-state index contributed by atoms with van der Waals surface area (Å²) in [6.07, 6.45) is -1.26. The Hall–Kier alpha value is -1.59. The quantitative estimate of drug-likeness (QED) is 0.584. The number of rotatable bonds is 6. The van der Waals surface area contributed by atoms with E-state index < -0.39 is 12.0 Å². The number of carbonyl (C=O) groups excluding carboxylic acids is 1. The third-order valence-electron chi connectivity index (χ3n) is 2.09. The van der Waals surface area contributed by atoms with Gasteiger partial charge < -0.3 is 20.9 Å². The highest BCUT2D eigenvalue weighted by atomic mass is 16.5. The summed E-state index contributed by atoms with van der Waals surface area (Å²) >= 11 is 0. The minimum absolute atomic E-state index is 0.466. The Morgan fingerprint density at radius 2 is 2.12 bits per heavy atom. The summed E-state index contributed by atoms with van der Waals surface area (Å²) in [4.78, 5) is 10.7. The van der Waals surface area contributed by atoms with Crippen LogP contribution in [-0.4, -0.2) is 31.2 Å². The Labute approximate surface area is 94.2 Å². The molecule has 1 rings (SSSR count). The van der Waals surface area contributed by atoms with Crippen molar-refractivity contribution in [3.8, 4) is 5.75 Å². The molecule has 0 saturated carbocycles. The molecule has 0 aliphatic heterocycles. The number of nitrogens with one attached hydrogen (secondary N) is 1. The highest BCUT2D eigenvalue weighted by molar-refractivity contribution is 5.80. The van der Waals surface area contributed by atoms with Gasteiger partial charge in [-0.15, -0.1) is 0 Å². The van der Waals surface area contributed by atoms with Gasteiger partial charge in [0.15, 0.2) is 6.10 Å². The second-order valence-electron chi connectivity index (χ2n) is 3.33. The molecule has 0 aliphatic rings. The zero-order valence-corrected chi connectivity index (χ0v) is 9.14. The lowest BCUT2D eigenvalue weighted by Gasteiger charge is -2.09. The second kappa shape index (κ2) is 6.09. The molecule has 1 amide bonds. The summed E-state index contributed by atoms with van der Waals surface area (Å²) in [5, 5.41) is 12.3. The van der Waals surface area contributed by atoms with E-state index in [0.717, 1.165) is 6.54 Å². The third-order valence-corrected chi connectivity index (χ3v) is 2.09. The first kappa shape index (κ1) is 12.5. The third kappa shape index (κ3) is 3.52. The van der Waals surface area contributed by atoms with Crippen LogP contribution in [0.1, 0.15) is 11.7 Å². The highest BCUT2D eigenvalue weighted by Crippen LogP contribution is 2.17. The fourth-order valence-corrected chi connectivity index (χ4v) is 1.18. The van der Waals surface area contributed by atoms with Crippen molar-refractivity contribution >= 4 is 5.91 Å². The molecular weight excluding hydrogens is 208 g/mol. The minimum Gasteiger partial charge on any atom is -0.492 e. The van der Waals surface area contributed by atoms with Gasteiger partial charge in [0.05, 0.1) is 0 Å². The number of benzene rings is 1. The van der Waals surface area contributed by atoms with Gasteiger partial charge in [-0.2, -0.15) is 0 Å². The number of primary amides is 1. The van der Waals surface area contributed by atoms with Crippen molar-refractivity contribution in [2.45, 2.75) is 6.10 Å². The van der Waals surface area contributed by atoms with E-state index in [1.807, 2.05) is 7.05 Å². The molecule has 1 atom stereocenters. The fraction of sp³-hybridized carbons (Fsp3) is 0.364. The van der Waals surface area contributed by atoms with Crippen LogP contribution in [0.15, 0.2) is 24.3 Å². The molecule has 1 aromatic carbocycles. The Bertz CT molecular complexity index is 338. The molecular formula is C11H16N2O3. The maximum absolute atomic E-state index is 10.7. The van der Waals surface area contributed by atoms with Crippen LogP contribution in [0.2, 0.25) is 0 Å². The summed E-state index contributed by atoms with van der Waals surface area (Å²) in [6.45, 7) is 1.32. The topological polar surface area (TPSA) is 84.6 Å². The number of ether oxygens (including phenoxy) is 1. The molecule has 1 unspecified atom stereocenters. The minimum atomic E-state index is -1.26. The first-order valence-electron chi connectivity index (χ1n) is 5.00. The van der Waals surface area contributed by atoms with Crippen LogP contribution in [0.25, 0.3) is 0 Å². The Morgan fingerprint density at radius 1 is 1.50 bits per heavy atom. The van der Waals surface area contributed by atoms with Crippen molar-refractivity contribution < 1.29 is 14.6 Å². The fourth-order valence-electron chi connectivity index (χ4n) is 1.18. The van der Waals surface area contributed by atoms with Crippen molar-refractivity contribution in [3.05, 3.63) is 29.8 Å². The average molecular weight is 224 g/mol. The molecule has 0 saturated heterocycles. The van der Waals surface area contributed by atoms with Gasteiger partial charge in [-0.1, -0.05) is 12.1 Å². The molecule has 0 aromatic heterocycles. The van der Waals surface area contributed by atoms with E-state index in [4.69, 9.17) is 10.5 Å². The number of nitrogens with two attached hydrogens (primary N) is 1. The SMILES string of the molecule is CNCCOc1ccc(C(O)C(N)=O)cc1. The normalized spacial score (nSPS) is 12.1. The molecule has 0 radical (unpaired) electrons. The van der Waals surface area contributed by atoms with Crippen molar-refractivity contribution in [1.82, 2.24) is 5.32 Å². The molecule has 5 nitrogen and oxygen atoms in total. The second-order valence-corrected chi connectivity index (χ2v) is 3.33. The van der Waals surface area contributed by atoms with E-state index in [1.165, 1.54) is 0 Å². The van der Waals surface area contributed by atoms with Gasteiger partial charge in [0.1, 0.15) is 12.4 Å². The van der Waals surface area contributed by atoms with Crippen LogP contribution < -0.4 is 15.8 Å². The number of aliphatic hydroxyl groups excluding tert-OH is 1. The van der Waals surface area contributed by atoms with Crippen LogP contribution in [0.5, 0.6) is 5.75 Å². The van der Waals surface area contributed by atoms with Gasteiger partial charge in [-0.3, -0.25) is 4.79 Å². The zero-order valence-electron chi connectivity index (χ0n) is 9.14. The van der Waals surface area contributed by atoms with Crippen molar-refractivity contribution in [1.29, 1.82) is 0 Å². The highest BCUT2D eigenvalue weighted by Gasteiger charge is 2.12. The molecule has 1 aromatic rings. The van der Waals surface area contributed by atoms with Gasteiger partial charge >= 0.3 is 0 Å². The Morgan fingerprint density at radius 3 is 2.62 bits per heavy atom. The first-order chi connectivity index (χ1) is 7.65. The van der Waals surface area contributed by atoms with Gasteiger partial charge in [0.2, 0.25) is 0 Å². The molecule has 4 N–H and O–H groups in total. The van der Waals surface area contributed by atoms with Gasteiger partial charge in [-0.05, 0) is 24.7 Å². The average Bonchev–Trinajstić information content (AvgIpc) is 2.29. The van der Waals surface area contributed by atoms with Crippen molar-refractivity contribution in [3.63, 3.8) is 0 Å². The Balaban J connectivity index is 2.57. The van der Waals surface area contributed by atoms with Crippen LogP contribution in [0, 0.1) is 0 Å². The largest absolute Gasteiger partial charge is 0.492 e. The van der Waals surface area contributed by atoms with Gasteiger partial charge in [0, 0.05) is 6.54 Å². The van der Waals surface area contributed by atoms with Crippen LogP contribution in [-0.2, 0) is 4.79 Å². The van der Waals surface area contributed by atoms with E-state index in [2.05, 4.69) is 5.32 Å². The van der Waals surface area contributed by atoms with Crippen LogP contribution >= 0.6 is 0 Å². The molecule has 0 heterocycles. The monoisotopic (exact) mass is 224 g/mol. The molecule has 0 bridgehead atoms.